The van der Waals surface area contributed by atoms with Gasteiger partial charge < -0.3 is 5.32 Å². The largest absolute Gasteiger partial charge is 0.316 e. The maximum Gasteiger partial charge on any atom is 0.171 e. The van der Waals surface area contributed by atoms with Crippen LogP contribution >= 0.6 is 11.6 Å². The Bertz CT molecular complexity index is 725. The molecule has 1 N–H and O–H groups in total. The van der Waals surface area contributed by atoms with Gasteiger partial charge in [-0.2, -0.15) is 0 Å². The Morgan fingerprint density at radius 2 is 2.24 bits per heavy atom. The van der Waals surface area contributed by atoms with Crippen LogP contribution in [0.3, 0.4) is 0 Å². The number of nitrogens with zero attached hydrogens (tertiary/aromatic N) is 1. The average molecular weight is 357 g/mol. The molecule has 0 spiro atoms. The predicted molar refractivity (Wildman–Crippen MR) is 102 cm³/mol. The summed E-state index contributed by atoms with van der Waals surface area (Å²) in [7, 11) is 0. The Hall–Kier alpha value is -1.71. The lowest BCUT2D eigenvalue weighted by Gasteiger charge is -2.25. The normalized spacial score (nSPS) is 18.7. The fourth-order valence-electron chi connectivity index (χ4n) is 3.62. The molecule has 4 heteroatoms. The zero-order chi connectivity index (χ0) is 17.6. The number of hydrogen-bond donors (Lipinski definition) is 1. The molecule has 3 rings (SSSR count). The van der Waals surface area contributed by atoms with Crippen LogP contribution in [0.4, 0.5) is 0 Å². The van der Waals surface area contributed by atoms with Crippen molar-refractivity contribution in [3.05, 3.63) is 64.4 Å². The smallest absolute Gasteiger partial charge is 0.171 e. The van der Waals surface area contributed by atoms with Crippen molar-refractivity contribution in [1.29, 1.82) is 0 Å². The molecule has 0 saturated carbocycles. The number of nitrogens with one attached hydrogen (secondary N) is 1. The monoisotopic (exact) mass is 356 g/mol. The second-order valence-corrected chi connectivity index (χ2v) is 7.35. The highest BCUT2D eigenvalue weighted by Gasteiger charge is 2.27. The molecule has 0 bridgehead atoms. The van der Waals surface area contributed by atoms with Crippen molar-refractivity contribution in [3.8, 4) is 0 Å². The molecular weight excluding hydrogens is 332 g/mol. The zero-order valence-electron chi connectivity index (χ0n) is 14.7. The number of benzene rings is 1. The molecule has 1 aromatic heterocycles. The number of halogens is 1. The van der Waals surface area contributed by atoms with Gasteiger partial charge in [-0.1, -0.05) is 35.4 Å². The summed E-state index contributed by atoms with van der Waals surface area (Å²) < 4.78 is 0. The van der Waals surface area contributed by atoms with E-state index in [9.17, 15) is 4.79 Å². The Labute approximate surface area is 154 Å². The minimum Gasteiger partial charge on any atom is -0.316 e. The molecule has 2 atom stereocenters. The van der Waals surface area contributed by atoms with Crippen molar-refractivity contribution >= 4 is 17.4 Å². The van der Waals surface area contributed by atoms with Crippen molar-refractivity contribution in [2.45, 2.75) is 38.5 Å². The van der Waals surface area contributed by atoms with Gasteiger partial charge in [0.2, 0.25) is 0 Å². The number of aryl methyl sites for hydroxylation is 1. The van der Waals surface area contributed by atoms with E-state index in [0.717, 1.165) is 37.1 Å². The molecule has 1 unspecified atom stereocenters. The van der Waals surface area contributed by atoms with E-state index in [1.54, 1.807) is 6.20 Å². The maximum atomic E-state index is 13.2. The molecular formula is C21H25ClN2O. The average Bonchev–Trinajstić information content (AvgIpc) is 2.64. The first kappa shape index (κ1) is 18.1. The van der Waals surface area contributed by atoms with Crippen molar-refractivity contribution in [2.24, 2.45) is 5.92 Å². The van der Waals surface area contributed by atoms with Crippen LogP contribution in [0.1, 0.15) is 53.2 Å². The van der Waals surface area contributed by atoms with E-state index < -0.39 is 0 Å². The third-order valence-corrected chi connectivity index (χ3v) is 5.32. The molecule has 1 fully saturated rings. The molecule has 0 amide bonds. The molecule has 132 valence electrons. The van der Waals surface area contributed by atoms with Crippen molar-refractivity contribution < 1.29 is 4.79 Å². The predicted octanol–water partition coefficient (Wildman–Crippen LogP) is 4.79. The van der Waals surface area contributed by atoms with Crippen molar-refractivity contribution in [3.63, 3.8) is 0 Å². The Morgan fingerprint density at radius 1 is 1.36 bits per heavy atom. The fourth-order valence-corrected chi connectivity index (χ4v) is 3.87. The van der Waals surface area contributed by atoms with E-state index in [1.807, 2.05) is 43.3 Å². The lowest BCUT2D eigenvalue weighted by Crippen LogP contribution is -2.30. The number of ketones is 1. The van der Waals surface area contributed by atoms with Gasteiger partial charge in [0.25, 0.3) is 0 Å². The number of hydrogen-bond acceptors (Lipinski definition) is 3. The van der Waals surface area contributed by atoms with Gasteiger partial charge in [-0.25, -0.2) is 0 Å². The first-order valence-electron chi connectivity index (χ1n) is 9.07. The third kappa shape index (κ3) is 4.68. The van der Waals surface area contributed by atoms with Gasteiger partial charge >= 0.3 is 0 Å². The molecule has 1 aliphatic heterocycles. The first-order valence-corrected chi connectivity index (χ1v) is 9.45. The Kier molecular flexibility index (Phi) is 6.22. The molecule has 2 aromatic rings. The summed E-state index contributed by atoms with van der Waals surface area (Å²) in [6, 6.07) is 11.4. The summed E-state index contributed by atoms with van der Waals surface area (Å²) in [4.78, 5) is 17.7. The van der Waals surface area contributed by atoms with E-state index in [2.05, 4.69) is 10.3 Å². The number of pyridine rings is 1. The van der Waals surface area contributed by atoms with Crippen LogP contribution in [0.2, 0.25) is 5.02 Å². The minimum atomic E-state index is -0.280. The highest BCUT2D eigenvalue weighted by Crippen LogP contribution is 2.32. The number of aromatic nitrogens is 1. The lowest BCUT2D eigenvalue weighted by molar-refractivity contribution is 0.0949. The third-order valence-electron chi connectivity index (χ3n) is 5.00. The van der Waals surface area contributed by atoms with Crippen LogP contribution in [0.25, 0.3) is 0 Å². The van der Waals surface area contributed by atoms with Gasteiger partial charge in [0.1, 0.15) is 0 Å². The molecule has 1 saturated heterocycles. The summed E-state index contributed by atoms with van der Waals surface area (Å²) in [6.45, 7) is 4.16. The van der Waals surface area contributed by atoms with E-state index in [4.69, 9.17) is 11.6 Å². The van der Waals surface area contributed by atoms with Gasteiger partial charge in [0, 0.05) is 11.8 Å². The van der Waals surface area contributed by atoms with Crippen LogP contribution in [-0.2, 0) is 0 Å². The van der Waals surface area contributed by atoms with E-state index in [-0.39, 0.29) is 11.7 Å². The van der Waals surface area contributed by atoms with Gasteiger partial charge in [-0.3, -0.25) is 9.78 Å². The number of carbonyl (C=O) groups is 1. The SMILES string of the molecule is Cc1cccc(C(=O)C(CC[C@@H]2CCCNC2)c2ncccc2Cl)c1. The lowest BCUT2D eigenvalue weighted by atomic mass is 9.85. The standard InChI is InChI=1S/C21H25ClN2O/c1-15-5-2-7-17(13-15)21(25)18(20-19(22)8-4-12-24-20)10-9-16-6-3-11-23-14-16/h2,4-5,7-8,12-13,16,18,23H,3,6,9-11,14H2,1H3/t16-,18?/m0/s1. The molecule has 1 aromatic carbocycles. The summed E-state index contributed by atoms with van der Waals surface area (Å²) in [5.41, 5.74) is 2.54. The second kappa shape index (κ2) is 8.59. The first-order chi connectivity index (χ1) is 12.1. The molecule has 0 radical (unpaired) electrons. The van der Waals surface area contributed by atoms with Gasteiger partial charge in [-0.05, 0) is 69.8 Å². The number of rotatable bonds is 6. The van der Waals surface area contributed by atoms with Crippen molar-refractivity contribution in [1.82, 2.24) is 10.3 Å². The van der Waals surface area contributed by atoms with Crippen LogP contribution in [0.5, 0.6) is 0 Å². The highest BCUT2D eigenvalue weighted by atomic mass is 35.5. The van der Waals surface area contributed by atoms with E-state index >= 15 is 0 Å². The molecule has 0 aliphatic carbocycles. The van der Waals surface area contributed by atoms with E-state index in [1.165, 1.54) is 12.8 Å². The van der Waals surface area contributed by atoms with Crippen LogP contribution in [0.15, 0.2) is 42.6 Å². The van der Waals surface area contributed by atoms with Crippen LogP contribution in [-0.4, -0.2) is 23.9 Å². The summed E-state index contributed by atoms with van der Waals surface area (Å²) in [5, 5.41) is 4.03. The quantitative estimate of drug-likeness (QED) is 0.756. The van der Waals surface area contributed by atoms with Gasteiger partial charge in [-0.15, -0.1) is 0 Å². The topological polar surface area (TPSA) is 42.0 Å². The van der Waals surface area contributed by atoms with E-state index in [0.29, 0.717) is 16.6 Å². The van der Waals surface area contributed by atoms with Crippen LogP contribution < -0.4 is 5.32 Å². The highest BCUT2D eigenvalue weighted by molar-refractivity contribution is 6.31. The Balaban J connectivity index is 1.83. The molecule has 3 nitrogen and oxygen atoms in total. The van der Waals surface area contributed by atoms with Crippen LogP contribution in [0, 0.1) is 12.8 Å². The number of piperidine rings is 1. The fraction of sp³-hybridized carbons (Fsp3) is 0.429. The molecule has 25 heavy (non-hydrogen) atoms. The minimum absolute atomic E-state index is 0.119. The summed E-state index contributed by atoms with van der Waals surface area (Å²) >= 11 is 6.38. The van der Waals surface area contributed by atoms with Gasteiger partial charge in [0.15, 0.2) is 5.78 Å². The van der Waals surface area contributed by atoms with Gasteiger partial charge in [0.05, 0.1) is 16.6 Å². The molecule has 1 aliphatic rings. The zero-order valence-corrected chi connectivity index (χ0v) is 15.4. The number of carbonyl (C=O) groups excluding carboxylic acids is 1. The summed E-state index contributed by atoms with van der Waals surface area (Å²) in [6.07, 6.45) is 5.97. The Morgan fingerprint density at radius 3 is 2.96 bits per heavy atom. The second-order valence-electron chi connectivity index (χ2n) is 6.95. The maximum absolute atomic E-state index is 13.2. The molecule has 2 heterocycles. The summed E-state index contributed by atoms with van der Waals surface area (Å²) in [5.74, 6) is 0.467. The van der Waals surface area contributed by atoms with Crippen molar-refractivity contribution in [2.75, 3.05) is 13.1 Å². The number of Topliss-reactive ketones (excluding diaryl/α,β-unsaturated/α-hetero) is 1.